The molecule has 0 atom stereocenters. The Hall–Kier alpha value is -1.96. The molecular weight excluding hydrogens is 368 g/mol. The van der Waals surface area contributed by atoms with Crippen LogP contribution in [0.15, 0.2) is 22.7 Å². The van der Waals surface area contributed by atoms with Crippen LogP contribution in [0.1, 0.15) is 38.1 Å². The lowest BCUT2D eigenvalue weighted by Crippen LogP contribution is -2.44. The number of esters is 1. The molecule has 0 aliphatic rings. The fraction of sp³-hybridized carbons (Fsp3) is 0.467. The number of amides is 1. The summed E-state index contributed by atoms with van der Waals surface area (Å²) in [7, 11) is 0. The van der Waals surface area contributed by atoms with Crippen molar-refractivity contribution in [1.82, 2.24) is 4.90 Å². The molecule has 7 nitrogen and oxygen atoms in total. The van der Waals surface area contributed by atoms with E-state index in [1.807, 2.05) is 27.7 Å². The maximum absolute atomic E-state index is 12.1. The van der Waals surface area contributed by atoms with Gasteiger partial charge in [-0.25, -0.2) is 4.79 Å². The minimum atomic E-state index is -0.776. The molecule has 0 aromatic heterocycles. The highest BCUT2D eigenvalue weighted by Gasteiger charge is 2.22. The van der Waals surface area contributed by atoms with Crippen molar-refractivity contribution >= 4 is 33.5 Å². The van der Waals surface area contributed by atoms with E-state index in [0.29, 0.717) is 0 Å². The van der Waals surface area contributed by atoms with E-state index >= 15 is 0 Å². The minimum Gasteiger partial charge on any atom is -0.452 e. The van der Waals surface area contributed by atoms with Gasteiger partial charge in [0.25, 0.3) is 11.6 Å². The van der Waals surface area contributed by atoms with Crippen LogP contribution in [0.3, 0.4) is 0 Å². The zero-order valence-corrected chi connectivity index (χ0v) is 15.0. The van der Waals surface area contributed by atoms with Crippen LogP contribution in [0.5, 0.6) is 0 Å². The lowest BCUT2D eigenvalue weighted by Gasteiger charge is -2.30. The number of ether oxygens (including phenoxy) is 1. The van der Waals surface area contributed by atoms with E-state index in [1.54, 1.807) is 4.90 Å². The Morgan fingerprint density at radius 2 is 1.83 bits per heavy atom. The van der Waals surface area contributed by atoms with Gasteiger partial charge in [0.1, 0.15) is 0 Å². The lowest BCUT2D eigenvalue weighted by atomic mass is 10.2. The number of halogens is 1. The number of carbonyl (C=O) groups excluding carboxylic acids is 2. The molecule has 0 unspecified atom stereocenters. The fourth-order valence-corrected chi connectivity index (χ4v) is 2.63. The molecule has 0 bridgehead atoms. The summed E-state index contributed by atoms with van der Waals surface area (Å²) in [5.74, 6) is -1.09. The average molecular weight is 387 g/mol. The Kier molecular flexibility index (Phi) is 6.68. The van der Waals surface area contributed by atoms with E-state index < -0.39 is 17.5 Å². The number of nitro benzene ring substituents is 1. The number of carbonyl (C=O) groups is 2. The first-order valence-corrected chi connectivity index (χ1v) is 7.86. The molecule has 0 saturated carbocycles. The first-order chi connectivity index (χ1) is 10.6. The Morgan fingerprint density at radius 3 is 2.30 bits per heavy atom. The van der Waals surface area contributed by atoms with Crippen LogP contribution < -0.4 is 0 Å². The SMILES string of the molecule is CC(C)N(C(=O)COC(=O)c1ccc(Br)c([N+](=O)[O-])c1)C(C)C. The minimum absolute atomic E-state index is 0.0185. The Bertz CT molecular complexity index is 608. The van der Waals surface area contributed by atoms with Crippen molar-refractivity contribution in [2.75, 3.05) is 6.61 Å². The summed E-state index contributed by atoms with van der Waals surface area (Å²) in [5, 5.41) is 10.9. The molecule has 0 N–H and O–H groups in total. The summed E-state index contributed by atoms with van der Waals surface area (Å²) >= 11 is 3.04. The number of nitro groups is 1. The van der Waals surface area contributed by atoms with Crippen LogP contribution in [0, 0.1) is 10.1 Å². The molecule has 0 saturated heterocycles. The summed E-state index contributed by atoms with van der Waals surface area (Å²) in [6.45, 7) is 7.09. The molecule has 0 radical (unpaired) electrons. The van der Waals surface area contributed by atoms with Gasteiger partial charge < -0.3 is 9.64 Å². The number of hydrogen-bond acceptors (Lipinski definition) is 5. The monoisotopic (exact) mass is 386 g/mol. The molecule has 0 aliphatic carbocycles. The second-order valence-corrected chi connectivity index (χ2v) is 6.34. The van der Waals surface area contributed by atoms with Gasteiger partial charge >= 0.3 is 5.97 Å². The number of hydrogen-bond donors (Lipinski definition) is 0. The van der Waals surface area contributed by atoms with Gasteiger partial charge in [-0.05, 0) is 55.8 Å². The summed E-state index contributed by atoms with van der Waals surface area (Å²) in [6, 6.07) is 3.86. The quantitative estimate of drug-likeness (QED) is 0.425. The molecule has 126 valence electrons. The Balaban J connectivity index is 2.79. The van der Waals surface area contributed by atoms with Crippen molar-refractivity contribution in [2.24, 2.45) is 0 Å². The number of benzene rings is 1. The molecule has 0 aliphatic heterocycles. The molecule has 0 fully saturated rings. The first-order valence-electron chi connectivity index (χ1n) is 7.07. The van der Waals surface area contributed by atoms with E-state index in [2.05, 4.69) is 15.9 Å². The predicted octanol–water partition coefficient (Wildman–Crippen LogP) is 3.16. The largest absolute Gasteiger partial charge is 0.452 e. The topological polar surface area (TPSA) is 89.8 Å². The van der Waals surface area contributed by atoms with Crippen molar-refractivity contribution < 1.29 is 19.2 Å². The molecule has 1 amide bonds. The van der Waals surface area contributed by atoms with Crippen LogP contribution in [-0.2, 0) is 9.53 Å². The summed E-state index contributed by atoms with van der Waals surface area (Å²) < 4.78 is 5.24. The van der Waals surface area contributed by atoms with Crippen LogP contribution in [-0.4, -0.2) is 40.4 Å². The normalized spacial score (nSPS) is 10.7. The molecule has 1 rings (SSSR count). The summed E-state index contributed by atoms with van der Waals surface area (Å²) in [6.07, 6.45) is 0. The molecule has 23 heavy (non-hydrogen) atoms. The first kappa shape index (κ1) is 19.1. The van der Waals surface area contributed by atoms with E-state index in [1.165, 1.54) is 12.1 Å². The molecular formula is C15H19BrN2O5. The van der Waals surface area contributed by atoms with Gasteiger partial charge in [0, 0.05) is 18.2 Å². The predicted molar refractivity (Wildman–Crippen MR) is 88.2 cm³/mol. The molecule has 8 heteroatoms. The highest BCUT2D eigenvalue weighted by molar-refractivity contribution is 9.10. The molecule has 0 spiro atoms. The van der Waals surface area contributed by atoms with Gasteiger partial charge in [-0.1, -0.05) is 0 Å². The van der Waals surface area contributed by atoms with Gasteiger partial charge in [0.2, 0.25) is 0 Å². The number of nitrogens with zero attached hydrogens (tertiary/aromatic N) is 2. The van der Waals surface area contributed by atoms with Gasteiger partial charge in [-0.15, -0.1) is 0 Å². The maximum Gasteiger partial charge on any atom is 0.338 e. The second kappa shape index (κ2) is 8.05. The molecule has 1 aromatic rings. The van der Waals surface area contributed by atoms with Crippen molar-refractivity contribution in [3.05, 3.63) is 38.3 Å². The second-order valence-electron chi connectivity index (χ2n) is 5.49. The van der Waals surface area contributed by atoms with Gasteiger partial charge in [-0.3, -0.25) is 14.9 Å². The van der Waals surface area contributed by atoms with E-state index in [-0.39, 0.29) is 33.7 Å². The highest BCUT2D eigenvalue weighted by atomic mass is 79.9. The standard InChI is InChI=1S/C15H19BrN2O5/c1-9(2)17(10(3)4)14(19)8-23-15(20)11-5-6-12(16)13(7-11)18(21)22/h5-7,9-10H,8H2,1-4H3. The van der Waals surface area contributed by atoms with Crippen LogP contribution in [0.25, 0.3) is 0 Å². The zero-order chi connectivity index (χ0) is 17.7. The third-order valence-corrected chi connectivity index (χ3v) is 3.78. The van der Waals surface area contributed by atoms with E-state index in [4.69, 9.17) is 4.74 Å². The third kappa shape index (κ3) is 5.02. The molecule has 0 heterocycles. The smallest absolute Gasteiger partial charge is 0.338 e. The summed E-state index contributed by atoms with van der Waals surface area (Å²) in [5.41, 5.74) is -0.217. The lowest BCUT2D eigenvalue weighted by molar-refractivity contribution is -0.385. The Morgan fingerprint density at radius 1 is 1.26 bits per heavy atom. The highest BCUT2D eigenvalue weighted by Crippen LogP contribution is 2.25. The average Bonchev–Trinajstić information content (AvgIpc) is 2.44. The van der Waals surface area contributed by atoms with E-state index in [0.717, 1.165) is 6.07 Å². The maximum atomic E-state index is 12.1. The van der Waals surface area contributed by atoms with Crippen molar-refractivity contribution in [1.29, 1.82) is 0 Å². The third-order valence-electron chi connectivity index (χ3n) is 3.11. The van der Waals surface area contributed by atoms with Gasteiger partial charge in [-0.2, -0.15) is 0 Å². The fourth-order valence-electron chi connectivity index (χ4n) is 2.24. The Labute approximate surface area is 142 Å². The van der Waals surface area contributed by atoms with Gasteiger partial charge in [0.05, 0.1) is 15.0 Å². The van der Waals surface area contributed by atoms with Gasteiger partial charge in [0.15, 0.2) is 6.61 Å². The van der Waals surface area contributed by atoms with Crippen molar-refractivity contribution in [2.45, 2.75) is 39.8 Å². The van der Waals surface area contributed by atoms with Crippen molar-refractivity contribution in [3.8, 4) is 0 Å². The van der Waals surface area contributed by atoms with Crippen LogP contribution in [0.4, 0.5) is 5.69 Å². The molecule has 1 aromatic carbocycles. The summed E-state index contributed by atoms with van der Waals surface area (Å²) in [4.78, 5) is 36.0. The number of rotatable bonds is 6. The van der Waals surface area contributed by atoms with Crippen LogP contribution in [0.2, 0.25) is 0 Å². The zero-order valence-electron chi connectivity index (χ0n) is 13.4. The van der Waals surface area contributed by atoms with Crippen LogP contribution >= 0.6 is 15.9 Å². The van der Waals surface area contributed by atoms with Crippen molar-refractivity contribution in [3.63, 3.8) is 0 Å². The van der Waals surface area contributed by atoms with E-state index in [9.17, 15) is 19.7 Å².